The van der Waals surface area contributed by atoms with E-state index >= 15 is 0 Å². The lowest BCUT2D eigenvalue weighted by Gasteiger charge is -2.11. The Bertz CT molecular complexity index is 926. The number of nitrogens with zero attached hydrogens (tertiary/aromatic N) is 1. The highest BCUT2D eigenvalue weighted by molar-refractivity contribution is 7.99. The predicted octanol–water partition coefficient (Wildman–Crippen LogP) is 5.07. The summed E-state index contributed by atoms with van der Waals surface area (Å²) < 4.78 is 5.77. The molecule has 29 heavy (non-hydrogen) atoms. The van der Waals surface area contributed by atoms with Gasteiger partial charge < -0.3 is 14.8 Å². The molecule has 1 atom stereocenters. The number of halogens is 1. The fourth-order valence-electron chi connectivity index (χ4n) is 2.71. The molecular weight excluding hydrogens is 408 g/mol. The van der Waals surface area contributed by atoms with Gasteiger partial charge >= 0.3 is 0 Å². The van der Waals surface area contributed by atoms with Crippen molar-refractivity contribution in [1.82, 2.24) is 10.3 Å². The average Bonchev–Trinajstić information content (AvgIpc) is 3.20. The van der Waals surface area contributed by atoms with Crippen LogP contribution in [0.4, 0.5) is 0 Å². The highest BCUT2D eigenvalue weighted by Gasteiger charge is 2.15. The van der Waals surface area contributed by atoms with Crippen LogP contribution in [-0.2, 0) is 17.0 Å². The van der Waals surface area contributed by atoms with Crippen LogP contribution < -0.4 is 5.32 Å². The topological polar surface area (TPSA) is 75.4 Å². The zero-order valence-electron chi connectivity index (χ0n) is 16.1. The Morgan fingerprint density at radius 3 is 2.66 bits per heavy atom. The summed E-state index contributed by atoms with van der Waals surface area (Å²) in [7, 11) is 0. The summed E-state index contributed by atoms with van der Waals surface area (Å²) in [5, 5.41) is 12.7. The number of carbonyl (C=O) groups is 1. The van der Waals surface area contributed by atoms with E-state index in [2.05, 4.69) is 10.3 Å². The number of aromatic nitrogens is 1. The van der Waals surface area contributed by atoms with Gasteiger partial charge in [0.15, 0.2) is 5.76 Å². The van der Waals surface area contributed by atoms with Crippen LogP contribution in [0.25, 0.3) is 11.3 Å². The van der Waals surface area contributed by atoms with Crippen molar-refractivity contribution >= 4 is 29.3 Å². The number of benzene rings is 2. The van der Waals surface area contributed by atoms with Crippen molar-refractivity contribution in [2.24, 2.45) is 0 Å². The molecule has 7 heteroatoms. The lowest BCUT2D eigenvalue weighted by atomic mass is 10.1. The number of phenols is 1. The van der Waals surface area contributed by atoms with E-state index in [-0.39, 0.29) is 16.9 Å². The minimum absolute atomic E-state index is 0.00480. The van der Waals surface area contributed by atoms with Crippen molar-refractivity contribution in [2.75, 3.05) is 6.54 Å². The maximum Gasteiger partial charge on any atom is 0.232 e. The molecule has 1 aromatic heterocycles. The first-order valence-corrected chi connectivity index (χ1v) is 10.8. The van der Waals surface area contributed by atoms with E-state index in [1.54, 1.807) is 18.3 Å². The van der Waals surface area contributed by atoms with Crippen LogP contribution in [0.2, 0.25) is 5.02 Å². The number of rotatable bonds is 9. The Hall–Kier alpha value is -2.44. The van der Waals surface area contributed by atoms with E-state index in [1.165, 1.54) is 11.8 Å². The number of hydrogen-bond acceptors (Lipinski definition) is 5. The molecule has 5 nitrogen and oxygen atoms in total. The molecule has 3 aromatic rings. The third-order valence-electron chi connectivity index (χ3n) is 4.39. The van der Waals surface area contributed by atoms with E-state index < -0.39 is 0 Å². The molecule has 0 radical (unpaired) electrons. The average molecular weight is 431 g/mol. The quantitative estimate of drug-likeness (QED) is 0.463. The number of hydrogen-bond donors (Lipinski definition) is 2. The van der Waals surface area contributed by atoms with Gasteiger partial charge in [0.2, 0.25) is 11.8 Å². The van der Waals surface area contributed by atoms with Crippen molar-refractivity contribution in [3.05, 3.63) is 71.2 Å². The van der Waals surface area contributed by atoms with Gasteiger partial charge in [-0.25, -0.2) is 4.98 Å². The first kappa shape index (κ1) is 21.3. The Kier molecular flexibility index (Phi) is 7.61. The number of aromatic hydroxyl groups is 1. The molecule has 0 aliphatic heterocycles. The maximum absolute atomic E-state index is 12.3. The smallest absolute Gasteiger partial charge is 0.232 e. The minimum atomic E-state index is -0.199. The molecule has 0 fully saturated rings. The van der Waals surface area contributed by atoms with Crippen molar-refractivity contribution in [3.8, 4) is 17.1 Å². The summed E-state index contributed by atoms with van der Waals surface area (Å²) in [4.78, 5) is 16.5. The molecule has 0 aliphatic rings. The molecule has 0 aliphatic carbocycles. The fourth-order valence-corrected chi connectivity index (χ4v) is 3.59. The number of nitrogens with one attached hydrogen (secondary N) is 1. The van der Waals surface area contributed by atoms with Crippen LogP contribution in [0, 0.1) is 0 Å². The zero-order chi connectivity index (χ0) is 20.6. The fraction of sp³-hybridized carbons (Fsp3) is 0.273. The highest BCUT2D eigenvalue weighted by atomic mass is 35.5. The summed E-state index contributed by atoms with van der Waals surface area (Å²) in [6.45, 7) is 2.49. The van der Waals surface area contributed by atoms with Gasteiger partial charge in [-0.15, -0.1) is 11.8 Å². The normalized spacial score (nSPS) is 11.9. The first-order chi connectivity index (χ1) is 14.0. The van der Waals surface area contributed by atoms with Crippen molar-refractivity contribution in [3.63, 3.8) is 0 Å². The van der Waals surface area contributed by atoms with E-state index in [1.807, 2.05) is 43.3 Å². The second kappa shape index (κ2) is 10.4. The van der Waals surface area contributed by atoms with Crippen LogP contribution in [0.15, 0.2) is 59.1 Å². The Labute approximate surface area is 179 Å². The van der Waals surface area contributed by atoms with Gasteiger partial charge in [0.1, 0.15) is 5.75 Å². The van der Waals surface area contributed by atoms with Crippen molar-refractivity contribution in [1.29, 1.82) is 0 Å². The third-order valence-corrected chi connectivity index (χ3v) is 5.77. The van der Waals surface area contributed by atoms with Gasteiger partial charge in [-0.2, -0.15) is 0 Å². The van der Waals surface area contributed by atoms with E-state index in [4.69, 9.17) is 16.0 Å². The minimum Gasteiger partial charge on any atom is -0.508 e. The van der Waals surface area contributed by atoms with Crippen LogP contribution in [0.5, 0.6) is 5.75 Å². The lowest BCUT2D eigenvalue weighted by Crippen LogP contribution is -2.31. The van der Waals surface area contributed by atoms with Crippen LogP contribution >= 0.6 is 23.4 Å². The number of carbonyl (C=O) groups excluding carboxylic acids is 1. The molecule has 1 heterocycles. The van der Waals surface area contributed by atoms with Crippen LogP contribution in [0.3, 0.4) is 0 Å². The van der Waals surface area contributed by atoms with Gasteiger partial charge in [0, 0.05) is 17.1 Å². The summed E-state index contributed by atoms with van der Waals surface area (Å²) >= 11 is 7.39. The van der Waals surface area contributed by atoms with Crippen molar-refractivity contribution in [2.45, 2.75) is 30.8 Å². The second-order valence-corrected chi connectivity index (χ2v) is 8.40. The molecule has 0 saturated carbocycles. The summed E-state index contributed by atoms with van der Waals surface area (Å²) in [5.41, 5.74) is 2.05. The van der Waals surface area contributed by atoms with E-state index in [9.17, 15) is 9.90 Å². The van der Waals surface area contributed by atoms with E-state index in [0.29, 0.717) is 29.0 Å². The molecule has 2 aromatic carbocycles. The molecule has 152 valence electrons. The largest absolute Gasteiger partial charge is 0.508 e. The van der Waals surface area contributed by atoms with Crippen molar-refractivity contribution < 1.29 is 14.3 Å². The molecular formula is C22H23ClN2O3S. The Balaban J connectivity index is 1.38. The van der Waals surface area contributed by atoms with Gasteiger partial charge in [-0.1, -0.05) is 23.7 Å². The highest BCUT2D eigenvalue weighted by Crippen LogP contribution is 2.25. The van der Waals surface area contributed by atoms with Crippen LogP contribution in [-0.4, -0.2) is 27.8 Å². The molecule has 1 amide bonds. The second-order valence-electron chi connectivity index (χ2n) is 6.64. The Morgan fingerprint density at radius 1 is 1.21 bits per heavy atom. The molecule has 0 saturated heterocycles. The molecule has 3 rings (SSSR count). The monoisotopic (exact) mass is 430 g/mol. The summed E-state index contributed by atoms with van der Waals surface area (Å²) in [6.07, 6.45) is 3.39. The van der Waals surface area contributed by atoms with Crippen LogP contribution in [0.1, 0.15) is 24.8 Å². The molecule has 1 unspecified atom stereocenters. The predicted molar refractivity (Wildman–Crippen MR) is 117 cm³/mol. The number of thioether (sulfide) groups is 1. The standard InChI is InChI=1S/C22H23ClN2O3S/c1-15(22(27)24-12-2-3-16-4-10-19(26)11-5-16)29-14-21-25-13-20(28-21)17-6-8-18(23)9-7-17/h4-11,13,15,26H,2-3,12,14H2,1H3,(H,24,27). The number of phenolic OH excluding ortho intramolecular Hbond substituents is 1. The SMILES string of the molecule is CC(SCc1ncc(-c2ccc(Cl)cc2)o1)C(=O)NCCCc1ccc(O)cc1. The Morgan fingerprint density at radius 2 is 1.93 bits per heavy atom. The van der Waals surface area contributed by atoms with Gasteiger partial charge in [-0.3, -0.25) is 4.79 Å². The third kappa shape index (κ3) is 6.54. The summed E-state index contributed by atoms with van der Waals surface area (Å²) in [5.74, 6) is 2.07. The zero-order valence-corrected chi connectivity index (χ0v) is 17.7. The molecule has 2 N–H and O–H groups in total. The number of oxazole rings is 1. The number of amides is 1. The lowest BCUT2D eigenvalue weighted by molar-refractivity contribution is -0.120. The van der Waals surface area contributed by atoms with Gasteiger partial charge in [0.25, 0.3) is 0 Å². The molecule has 0 spiro atoms. The van der Waals surface area contributed by atoms with Gasteiger partial charge in [-0.05, 0) is 61.7 Å². The number of aryl methyl sites for hydroxylation is 1. The molecule has 0 bridgehead atoms. The summed E-state index contributed by atoms with van der Waals surface area (Å²) in [6, 6.07) is 14.5. The van der Waals surface area contributed by atoms with E-state index in [0.717, 1.165) is 24.0 Å². The van der Waals surface area contributed by atoms with Gasteiger partial charge in [0.05, 0.1) is 17.2 Å². The maximum atomic E-state index is 12.3. The first-order valence-electron chi connectivity index (χ1n) is 9.39.